The van der Waals surface area contributed by atoms with Crippen molar-refractivity contribution in [1.82, 2.24) is 0 Å². The minimum absolute atomic E-state index is 0.155. The molecule has 4 rings (SSSR count). The minimum atomic E-state index is -0.155. The number of halogens is 2. The SMILES string of the molecule is ClC(c1cc(Br)cc2c1OCC2)C1COc2ccccc21. The Hall–Kier alpha value is -1.19. The molecule has 0 radical (unpaired) electrons. The molecule has 2 heterocycles. The van der Waals surface area contributed by atoms with E-state index in [-0.39, 0.29) is 11.3 Å². The fourth-order valence-electron chi connectivity index (χ4n) is 3.15. The molecular weight excluding hydrogens is 352 g/mol. The van der Waals surface area contributed by atoms with Crippen molar-refractivity contribution >= 4 is 27.5 Å². The lowest BCUT2D eigenvalue weighted by molar-refractivity contribution is 0.323. The molecule has 2 aliphatic rings. The van der Waals surface area contributed by atoms with Gasteiger partial charge in [-0.25, -0.2) is 0 Å². The Morgan fingerprint density at radius 1 is 1.19 bits per heavy atom. The summed E-state index contributed by atoms with van der Waals surface area (Å²) in [7, 11) is 0. The second-order valence-electron chi connectivity index (χ2n) is 5.44. The van der Waals surface area contributed by atoms with Crippen LogP contribution in [-0.4, -0.2) is 13.2 Å². The predicted molar refractivity (Wildman–Crippen MR) is 86.6 cm³/mol. The van der Waals surface area contributed by atoms with Gasteiger partial charge >= 0.3 is 0 Å². The second kappa shape index (κ2) is 5.22. The van der Waals surface area contributed by atoms with Crippen LogP contribution in [0, 0.1) is 0 Å². The molecule has 0 fully saturated rings. The first kappa shape index (κ1) is 13.5. The Kier molecular flexibility index (Phi) is 3.35. The zero-order valence-electron chi connectivity index (χ0n) is 11.3. The molecule has 2 aromatic rings. The van der Waals surface area contributed by atoms with Gasteiger partial charge < -0.3 is 9.47 Å². The Morgan fingerprint density at radius 2 is 2.05 bits per heavy atom. The van der Waals surface area contributed by atoms with Crippen molar-refractivity contribution in [2.75, 3.05) is 13.2 Å². The van der Waals surface area contributed by atoms with Crippen molar-refractivity contribution in [3.63, 3.8) is 0 Å². The monoisotopic (exact) mass is 364 g/mol. The zero-order chi connectivity index (χ0) is 14.4. The molecular formula is C17H14BrClO2. The molecule has 2 unspecified atom stereocenters. The predicted octanol–water partition coefficient (Wildman–Crippen LogP) is 4.84. The highest BCUT2D eigenvalue weighted by atomic mass is 79.9. The maximum absolute atomic E-state index is 6.82. The van der Waals surface area contributed by atoms with Gasteiger partial charge in [0.15, 0.2) is 0 Å². The quantitative estimate of drug-likeness (QED) is 0.709. The van der Waals surface area contributed by atoms with Crippen LogP contribution in [0.15, 0.2) is 40.9 Å². The highest BCUT2D eigenvalue weighted by Crippen LogP contribution is 2.48. The van der Waals surface area contributed by atoms with E-state index in [0.717, 1.165) is 34.6 Å². The van der Waals surface area contributed by atoms with E-state index < -0.39 is 0 Å². The summed E-state index contributed by atoms with van der Waals surface area (Å²) < 4.78 is 12.6. The van der Waals surface area contributed by atoms with E-state index in [1.807, 2.05) is 18.2 Å². The summed E-state index contributed by atoms with van der Waals surface area (Å²) in [5.74, 6) is 2.06. The number of rotatable bonds is 2. The summed E-state index contributed by atoms with van der Waals surface area (Å²) in [6, 6.07) is 12.3. The lowest BCUT2D eigenvalue weighted by atomic mass is 9.92. The lowest BCUT2D eigenvalue weighted by Crippen LogP contribution is -2.09. The maximum atomic E-state index is 6.82. The van der Waals surface area contributed by atoms with Gasteiger partial charge in [0.2, 0.25) is 0 Å². The third kappa shape index (κ3) is 2.23. The van der Waals surface area contributed by atoms with Crippen LogP contribution in [-0.2, 0) is 6.42 Å². The second-order valence-corrected chi connectivity index (χ2v) is 6.82. The summed E-state index contributed by atoms with van der Waals surface area (Å²) in [5.41, 5.74) is 3.48. The number of hydrogen-bond donors (Lipinski definition) is 0. The fraction of sp³-hybridized carbons (Fsp3) is 0.294. The normalized spacial score (nSPS) is 20.4. The van der Waals surface area contributed by atoms with Crippen LogP contribution in [0.4, 0.5) is 0 Å². The summed E-state index contributed by atoms with van der Waals surface area (Å²) in [6.45, 7) is 1.36. The van der Waals surface area contributed by atoms with Gasteiger partial charge in [-0.05, 0) is 23.8 Å². The number of benzene rings is 2. The highest BCUT2D eigenvalue weighted by Gasteiger charge is 2.34. The molecule has 2 atom stereocenters. The van der Waals surface area contributed by atoms with Gasteiger partial charge in [0.1, 0.15) is 11.5 Å². The number of hydrogen-bond acceptors (Lipinski definition) is 2. The molecule has 2 aliphatic heterocycles. The van der Waals surface area contributed by atoms with Crippen LogP contribution in [0.5, 0.6) is 11.5 Å². The van der Waals surface area contributed by atoms with E-state index in [1.165, 1.54) is 11.1 Å². The number of fused-ring (bicyclic) bond motifs is 2. The molecule has 0 bridgehead atoms. The molecule has 0 spiro atoms. The fourth-order valence-corrected chi connectivity index (χ4v) is 4.04. The molecule has 0 saturated heterocycles. The first-order valence-electron chi connectivity index (χ1n) is 7.05. The van der Waals surface area contributed by atoms with E-state index in [9.17, 15) is 0 Å². The molecule has 4 heteroatoms. The largest absolute Gasteiger partial charge is 0.493 e. The summed E-state index contributed by atoms with van der Waals surface area (Å²) in [6.07, 6.45) is 0.948. The van der Waals surface area contributed by atoms with E-state index in [1.54, 1.807) is 0 Å². The van der Waals surface area contributed by atoms with Crippen molar-refractivity contribution in [3.8, 4) is 11.5 Å². The Bertz CT molecular complexity index is 701. The van der Waals surface area contributed by atoms with Gasteiger partial charge in [-0.3, -0.25) is 0 Å². The van der Waals surface area contributed by atoms with E-state index in [2.05, 4.69) is 34.1 Å². The molecule has 21 heavy (non-hydrogen) atoms. The van der Waals surface area contributed by atoms with Crippen LogP contribution < -0.4 is 9.47 Å². The van der Waals surface area contributed by atoms with Crippen LogP contribution >= 0.6 is 27.5 Å². The Labute approximate surface area is 137 Å². The summed E-state index contributed by atoms with van der Waals surface area (Å²) >= 11 is 10.4. The molecule has 2 nitrogen and oxygen atoms in total. The van der Waals surface area contributed by atoms with E-state index in [0.29, 0.717) is 6.61 Å². The van der Waals surface area contributed by atoms with Gasteiger partial charge in [0.05, 0.1) is 18.6 Å². The van der Waals surface area contributed by atoms with Gasteiger partial charge in [0, 0.05) is 27.9 Å². The molecule has 0 aromatic heterocycles. The van der Waals surface area contributed by atoms with Crippen LogP contribution in [0.3, 0.4) is 0 Å². The van der Waals surface area contributed by atoms with Crippen molar-refractivity contribution in [3.05, 3.63) is 57.6 Å². The third-order valence-electron chi connectivity index (χ3n) is 4.16. The lowest BCUT2D eigenvalue weighted by Gasteiger charge is -2.19. The Balaban J connectivity index is 1.75. The standard InChI is InChI=1S/C17H14BrClO2/c18-11-7-10-5-6-20-17(10)13(8-11)16(19)14-9-21-15-4-2-1-3-12(14)15/h1-4,7-8,14,16H,5-6,9H2. The summed E-state index contributed by atoms with van der Waals surface area (Å²) in [4.78, 5) is 0. The zero-order valence-corrected chi connectivity index (χ0v) is 13.7. The minimum Gasteiger partial charge on any atom is -0.493 e. The average Bonchev–Trinajstić information content (AvgIpc) is 3.11. The van der Waals surface area contributed by atoms with E-state index in [4.69, 9.17) is 21.1 Å². The van der Waals surface area contributed by atoms with Gasteiger partial charge in [-0.15, -0.1) is 11.6 Å². The van der Waals surface area contributed by atoms with Gasteiger partial charge in [0.25, 0.3) is 0 Å². The highest BCUT2D eigenvalue weighted by molar-refractivity contribution is 9.10. The van der Waals surface area contributed by atoms with E-state index >= 15 is 0 Å². The van der Waals surface area contributed by atoms with Crippen LogP contribution in [0.2, 0.25) is 0 Å². The molecule has 0 saturated carbocycles. The topological polar surface area (TPSA) is 18.5 Å². The van der Waals surface area contributed by atoms with Crippen molar-refractivity contribution in [2.45, 2.75) is 17.7 Å². The van der Waals surface area contributed by atoms with Crippen molar-refractivity contribution < 1.29 is 9.47 Å². The molecule has 0 N–H and O–H groups in total. The first-order valence-corrected chi connectivity index (χ1v) is 8.28. The molecule has 2 aromatic carbocycles. The number of para-hydroxylation sites is 1. The summed E-state index contributed by atoms with van der Waals surface area (Å²) in [5, 5.41) is -0.155. The molecule has 108 valence electrons. The van der Waals surface area contributed by atoms with Crippen LogP contribution in [0.25, 0.3) is 0 Å². The number of ether oxygens (including phenoxy) is 2. The Morgan fingerprint density at radius 3 is 2.95 bits per heavy atom. The van der Waals surface area contributed by atoms with Crippen molar-refractivity contribution in [2.24, 2.45) is 0 Å². The van der Waals surface area contributed by atoms with Crippen LogP contribution in [0.1, 0.15) is 28.0 Å². The average molecular weight is 366 g/mol. The first-order chi connectivity index (χ1) is 10.2. The molecule has 0 amide bonds. The number of alkyl halides is 1. The maximum Gasteiger partial charge on any atom is 0.127 e. The van der Waals surface area contributed by atoms with Gasteiger partial charge in [-0.2, -0.15) is 0 Å². The third-order valence-corrected chi connectivity index (χ3v) is 5.16. The molecule has 0 aliphatic carbocycles. The smallest absolute Gasteiger partial charge is 0.127 e. The van der Waals surface area contributed by atoms with Gasteiger partial charge in [-0.1, -0.05) is 34.1 Å². The van der Waals surface area contributed by atoms with Crippen molar-refractivity contribution in [1.29, 1.82) is 0 Å².